The van der Waals surface area contributed by atoms with Crippen LogP contribution in [0.15, 0.2) is 30.3 Å². The third-order valence-corrected chi connectivity index (χ3v) is 4.54. The maximum atomic E-state index is 9.87. The molecule has 0 radical (unpaired) electrons. The van der Waals surface area contributed by atoms with Crippen molar-refractivity contribution >= 4 is 0 Å². The van der Waals surface area contributed by atoms with E-state index in [1.165, 1.54) is 42.4 Å². The summed E-state index contributed by atoms with van der Waals surface area (Å²) < 4.78 is 0. The molecule has 0 bridgehead atoms. The van der Waals surface area contributed by atoms with E-state index in [2.05, 4.69) is 35.4 Å². The molecule has 1 heterocycles. The highest BCUT2D eigenvalue weighted by Gasteiger charge is 2.13. The van der Waals surface area contributed by atoms with E-state index < -0.39 is 0 Å². The van der Waals surface area contributed by atoms with Gasteiger partial charge in [-0.2, -0.15) is 0 Å². The van der Waals surface area contributed by atoms with Crippen molar-refractivity contribution in [3.63, 3.8) is 0 Å². The molecule has 3 heteroatoms. The first-order valence-electron chi connectivity index (χ1n) is 8.14. The van der Waals surface area contributed by atoms with Crippen LogP contribution in [-0.4, -0.2) is 10.1 Å². The third kappa shape index (κ3) is 3.30. The van der Waals surface area contributed by atoms with Crippen LogP contribution in [0.3, 0.4) is 0 Å². The van der Waals surface area contributed by atoms with E-state index in [1.54, 1.807) is 6.07 Å². The lowest BCUT2D eigenvalue weighted by Gasteiger charge is -2.20. The molecule has 0 saturated carbocycles. The minimum Gasteiger partial charge on any atom is -0.506 e. The summed E-state index contributed by atoms with van der Waals surface area (Å²) in [5.74, 6) is 0.260. The van der Waals surface area contributed by atoms with Crippen molar-refractivity contribution in [2.75, 3.05) is 0 Å². The Morgan fingerprint density at radius 3 is 2.73 bits per heavy atom. The molecular weight excluding hydrogens is 272 g/mol. The maximum Gasteiger partial charge on any atom is 0.138 e. The first kappa shape index (κ1) is 15.0. The van der Waals surface area contributed by atoms with Crippen LogP contribution in [0.4, 0.5) is 0 Å². The predicted octanol–water partition coefficient (Wildman–Crippen LogP) is 3.83. The average Bonchev–Trinajstić information content (AvgIpc) is 2.55. The Morgan fingerprint density at radius 2 is 1.91 bits per heavy atom. The van der Waals surface area contributed by atoms with Crippen molar-refractivity contribution < 1.29 is 5.11 Å². The van der Waals surface area contributed by atoms with Gasteiger partial charge in [0, 0.05) is 18.3 Å². The zero-order chi connectivity index (χ0) is 15.5. The number of hydrogen-bond donors (Lipinski definition) is 2. The molecule has 0 amide bonds. The minimum atomic E-state index is 0.244. The van der Waals surface area contributed by atoms with Crippen molar-refractivity contribution in [1.82, 2.24) is 10.3 Å². The predicted molar refractivity (Wildman–Crippen MR) is 89.0 cm³/mol. The zero-order valence-electron chi connectivity index (χ0n) is 13.4. The maximum absolute atomic E-state index is 9.87. The number of hydrogen-bond acceptors (Lipinski definition) is 3. The number of aromatic hydroxyl groups is 1. The number of pyridine rings is 1. The number of aromatic nitrogens is 1. The highest BCUT2D eigenvalue weighted by atomic mass is 16.3. The van der Waals surface area contributed by atoms with Gasteiger partial charge < -0.3 is 10.4 Å². The van der Waals surface area contributed by atoms with Gasteiger partial charge in [0.15, 0.2) is 0 Å². The summed E-state index contributed by atoms with van der Waals surface area (Å²) in [6.45, 7) is 4.68. The van der Waals surface area contributed by atoms with Crippen LogP contribution in [0.5, 0.6) is 5.75 Å². The molecule has 1 atom stereocenters. The van der Waals surface area contributed by atoms with Gasteiger partial charge in [0.05, 0.1) is 5.69 Å². The van der Waals surface area contributed by atoms with E-state index in [4.69, 9.17) is 0 Å². The third-order valence-electron chi connectivity index (χ3n) is 4.54. The SMILES string of the molecule is Cc1ccc(O)c(CN[C@@H](C)c2ccc3c(c2)CCCC3)n1. The molecule has 0 aliphatic heterocycles. The van der Waals surface area contributed by atoms with Crippen molar-refractivity contribution in [2.45, 2.75) is 52.1 Å². The second kappa shape index (κ2) is 6.49. The summed E-state index contributed by atoms with van der Waals surface area (Å²) in [6, 6.07) is 10.6. The smallest absolute Gasteiger partial charge is 0.138 e. The molecule has 2 N–H and O–H groups in total. The topological polar surface area (TPSA) is 45.1 Å². The lowest BCUT2D eigenvalue weighted by atomic mass is 9.89. The van der Waals surface area contributed by atoms with E-state index in [0.717, 1.165) is 5.69 Å². The molecule has 1 aromatic heterocycles. The fourth-order valence-corrected chi connectivity index (χ4v) is 3.12. The average molecular weight is 296 g/mol. The molecule has 1 aromatic carbocycles. The Morgan fingerprint density at radius 1 is 1.14 bits per heavy atom. The molecule has 0 saturated heterocycles. The fourth-order valence-electron chi connectivity index (χ4n) is 3.12. The Hall–Kier alpha value is -1.87. The van der Waals surface area contributed by atoms with Crippen LogP contribution >= 0.6 is 0 Å². The van der Waals surface area contributed by atoms with Crippen LogP contribution in [-0.2, 0) is 19.4 Å². The zero-order valence-corrected chi connectivity index (χ0v) is 13.4. The van der Waals surface area contributed by atoms with Gasteiger partial charge in [-0.1, -0.05) is 18.2 Å². The van der Waals surface area contributed by atoms with Gasteiger partial charge in [0.25, 0.3) is 0 Å². The lowest BCUT2D eigenvalue weighted by Crippen LogP contribution is -2.19. The number of nitrogens with zero attached hydrogens (tertiary/aromatic N) is 1. The minimum absolute atomic E-state index is 0.244. The number of rotatable bonds is 4. The van der Waals surface area contributed by atoms with Crippen LogP contribution < -0.4 is 5.32 Å². The molecule has 3 nitrogen and oxygen atoms in total. The van der Waals surface area contributed by atoms with Crippen molar-refractivity contribution in [3.8, 4) is 5.75 Å². The van der Waals surface area contributed by atoms with Gasteiger partial charge in [-0.25, -0.2) is 0 Å². The van der Waals surface area contributed by atoms with Gasteiger partial charge >= 0.3 is 0 Å². The summed E-state index contributed by atoms with van der Waals surface area (Å²) in [6.07, 6.45) is 5.05. The highest BCUT2D eigenvalue weighted by Crippen LogP contribution is 2.25. The molecule has 22 heavy (non-hydrogen) atoms. The standard InChI is InChI=1S/C19H24N2O/c1-13-7-10-19(22)18(21-13)12-20-14(2)16-9-8-15-5-3-4-6-17(15)11-16/h7-11,14,20,22H,3-6,12H2,1-2H3/t14-/m0/s1. The summed E-state index contributed by atoms with van der Waals surface area (Å²) in [4.78, 5) is 4.40. The van der Waals surface area contributed by atoms with Gasteiger partial charge in [0.1, 0.15) is 5.75 Å². The molecule has 1 aliphatic rings. The Bertz CT molecular complexity index is 666. The van der Waals surface area contributed by atoms with Crippen LogP contribution in [0.25, 0.3) is 0 Å². The molecule has 1 aliphatic carbocycles. The Kier molecular flexibility index (Phi) is 4.44. The highest BCUT2D eigenvalue weighted by molar-refractivity contribution is 5.35. The second-order valence-corrected chi connectivity index (χ2v) is 6.26. The lowest BCUT2D eigenvalue weighted by molar-refractivity contribution is 0.454. The van der Waals surface area contributed by atoms with E-state index in [1.807, 2.05) is 13.0 Å². The van der Waals surface area contributed by atoms with E-state index >= 15 is 0 Å². The van der Waals surface area contributed by atoms with E-state index in [0.29, 0.717) is 12.2 Å². The van der Waals surface area contributed by atoms with Crippen LogP contribution in [0.1, 0.15) is 53.9 Å². The van der Waals surface area contributed by atoms with Gasteiger partial charge in [-0.05, 0) is 68.4 Å². The molecule has 3 rings (SSSR count). The molecule has 0 unspecified atom stereocenters. The number of benzene rings is 1. The summed E-state index contributed by atoms with van der Waals surface area (Å²) in [7, 11) is 0. The fraction of sp³-hybridized carbons (Fsp3) is 0.421. The van der Waals surface area contributed by atoms with Gasteiger partial charge in [0.2, 0.25) is 0 Å². The molecule has 2 aromatic rings. The normalized spacial score (nSPS) is 15.4. The van der Waals surface area contributed by atoms with E-state index in [9.17, 15) is 5.11 Å². The molecule has 0 fully saturated rings. The second-order valence-electron chi connectivity index (χ2n) is 6.26. The number of aryl methyl sites for hydroxylation is 3. The number of nitrogens with one attached hydrogen (secondary N) is 1. The summed E-state index contributed by atoms with van der Waals surface area (Å²) >= 11 is 0. The Labute approximate surface area is 132 Å². The summed E-state index contributed by atoms with van der Waals surface area (Å²) in [5, 5.41) is 13.3. The largest absolute Gasteiger partial charge is 0.506 e. The monoisotopic (exact) mass is 296 g/mol. The van der Waals surface area contributed by atoms with Gasteiger partial charge in [-0.3, -0.25) is 4.98 Å². The van der Waals surface area contributed by atoms with Gasteiger partial charge in [-0.15, -0.1) is 0 Å². The van der Waals surface area contributed by atoms with Crippen molar-refractivity contribution in [3.05, 3.63) is 58.4 Å². The first-order chi connectivity index (χ1) is 10.6. The first-order valence-corrected chi connectivity index (χ1v) is 8.14. The van der Waals surface area contributed by atoms with Crippen molar-refractivity contribution in [1.29, 1.82) is 0 Å². The molecular formula is C19H24N2O. The van der Waals surface area contributed by atoms with Crippen molar-refractivity contribution in [2.24, 2.45) is 0 Å². The van der Waals surface area contributed by atoms with Crippen LogP contribution in [0, 0.1) is 6.92 Å². The number of fused-ring (bicyclic) bond motifs is 1. The summed E-state index contributed by atoms with van der Waals surface area (Å²) in [5.41, 5.74) is 5.97. The quantitative estimate of drug-likeness (QED) is 0.901. The Balaban J connectivity index is 1.69. The van der Waals surface area contributed by atoms with E-state index in [-0.39, 0.29) is 11.8 Å². The molecule has 116 valence electrons. The molecule has 0 spiro atoms. The van der Waals surface area contributed by atoms with Crippen LogP contribution in [0.2, 0.25) is 0 Å².